The molecule has 1 aliphatic carbocycles. The number of aromatic nitrogens is 5. The molecule has 4 atom stereocenters. The molecule has 7 N–H and O–H groups in total. The van der Waals surface area contributed by atoms with Crippen LogP contribution >= 0.6 is 0 Å². The fourth-order valence-corrected chi connectivity index (χ4v) is 7.33. The van der Waals surface area contributed by atoms with Crippen LogP contribution in [0.1, 0.15) is 100 Å². The van der Waals surface area contributed by atoms with Crippen molar-refractivity contribution in [3.8, 4) is 0 Å². The van der Waals surface area contributed by atoms with Gasteiger partial charge in [-0.3, -0.25) is 33.9 Å². The van der Waals surface area contributed by atoms with E-state index in [1.807, 2.05) is 0 Å². The second kappa shape index (κ2) is 17.5. The van der Waals surface area contributed by atoms with Crippen LogP contribution in [0, 0.1) is 5.92 Å². The summed E-state index contributed by atoms with van der Waals surface area (Å²) in [4.78, 5) is 88.1. The molecule has 0 spiro atoms. The van der Waals surface area contributed by atoms with Gasteiger partial charge in [0.25, 0.3) is 11.8 Å². The highest BCUT2D eigenvalue weighted by Crippen LogP contribution is 2.33. The van der Waals surface area contributed by atoms with Crippen LogP contribution in [0.2, 0.25) is 0 Å². The fraction of sp³-hybridized carbons (Fsp3) is 0.556. The second-order valence-electron chi connectivity index (χ2n) is 14.6. The lowest BCUT2D eigenvalue weighted by atomic mass is 9.84. The molecular formula is C36H48N10O8. The van der Waals surface area contributed by atoms with Gasteiger partial charge in [-0.1, -0.05) is 37.3 Å². The van der Waals surface area contributed by atoms with Crippen LogP contribution in [0.4, 0.5) is 4.79 Å². The number of Topliss-reactive ketones (excluding diaryl/α,β-unsaturated/α-hetero) is 1. The number of carbonyl (C=O) groups is 6. The SMILES string of the molecule is CC(C)(O)c1cnnn1[C@H]1C[C@@H](C(=O)NC(CCCCNC(=O)O)C(=O)C(N)=O)N(C(=O)[C@@H](CC2CCCCC2)NC(=O)c2cnc3cnccc3c2)C1. The molecule has 0 radical (unpaired) electrons. The summed E-state index contributed by atoms with van der Waals surface area (Å²) >= 11 is 0. The van der Waals surface area contributed by atoms with Gasteiger partial charge >= 0.3 is 6.09 Å². The maximum atomic E-state index is 14.8. The number of hydrogen-bond acceptors (Lipinski definition) is 11. The highest BCUT2D eigenvalue weighted by atomic mass is 16.4. The molecule has 54 heavy (non-hydrogen) atoms. The van der Waals surface area contributed by atoms with E-state index in [2.05, 4.69) is 36.2 Å². The molecule has 5 amide bonds. The highest BCUT2D eigenvalue weighted by Gasteiger charge is 2.45. The number of amides is 5. The Bertz CT molecular complexity index is 1850. The summed E-state index contributed by atoms with van der Waals surface area (Å²) in [7, 11) is 0. The first kappa shape index (κ1) is 39.7. The third-order valence-corrected chi connectivity index (χ3v) is 10.1. The standard InChI is InChI=1S/C36H48N10O8/c1-36(2,54)29-19-41-44-46(29)24-16-28(33(50)42-25(30(47)31(37)48)10-6-7-12-39-35(52)53)45(20-24)34(51)26(14-21-8-4-3-5-9-21)43-32(49)23-15-22-11-13-38-18-27(22)40-17-23/h11,13,15,17-19,21,24-26,28,39,54H,3-10,12,14,16,20H2,1-2H3,(H2,37,48)(H,42,50)(H,43,49)(H,52,53)/t24-,25?,26+,28-/m0/s1. The lowest BCUT2D eigenvalue weighted by molar-refractivity contribution is -0.142. The quantitative estimate of drug-likeness (QED) is 0.0896. The zero-order valence-corrected chi connectivity index (χ0v) is 30.4. The molecule has 0 bridgehead atoms. The van der Waals surface area contributed by atoms with Gasteiger partial charge in [0, 0.05) is 37.3 Å². The lowest BCUT2D eigenvalue weighted by Gasteiger charge is -2.32. The van der Waals surface area contributed by atoms with Gasteiger partial charge in [-0.2, -0.15) is 0 Å². The van der Waals surface area contributed by atoms with Gasteiger partial charge in [0.15, 0.2) is 0 Å². The van der Waals surface area contributed by atoms with E-state index >= 15 is 0 Å². The lowest BCUT2D eigenvalue weighted by Crippen LogP contribution is -2.56. The molecular weight excluding hydrogens is 700 g/mol. The van der Waals surface area contributed by atoms with Crippen molar-refractivity contribution in [2.45, 2.75) is 108 Å². The largest absolute Gasteiger partial charge is 0.465 e. The zero-order chi connectivity index (χ0) is 39.0. The molecule has 3 aromatic rings. The summed E-state index contributed by atoms with van der Waals surface area (Å²) in [6.07, 6.45) is 10.5. The number of rotatable bonds is 16. The van der Waals surface area contributed by atoms with Gasteiger partial charge in [-0.05, 0) is 57.6 Å². The summed E-state index contributed by atoms with van der Waals surface area (Å²) < 4.78 is 1.47. The number of ketones is 1. The summed E-state index contributed by atoms with van der Waals surface area (Å²) in [5, 5.41) is 36.3. The van der Waals surface area contributed by atoms with E-state index in [0.29, 0.717) is 29.4 Å². The fourth-order valence-electron chi connectivity index (χ4n) is 7.33. The van der Waals surface area contributed by atoms with E-state index in [9.17, 15) is 33.9 Å². The van der Waals surface area contributed by atoms with Gasteiger partial charge in [0.05, 0.1) is 41.3 Å². The Labute approximate surface area is 311 Å². The van der Waals surface area contributed by atoms with Crippen LogP contribution in [0.15, 0.2) is 36.9 Å². The Balaban J connectivity index is 1.44. The van der Waals surface area contributed by atoms with Crippen LogP contribution < -0.4 is 21.7 Å². The maximum Gasteiger partial charge on any atom is 0.404 e. The Morgan fingerprint density at radius 2 is 1.78 bits per heavy atom. The number of primary amides is 1. The average molecular weight is 749 g/mol. The minimum Gasteiger partial charge on any atom is -0.465 e. The number of nitrogens with two attached hydrogens (primary N) is 1. The molecule has 3 aromatic heterocycles. The minimum atomic E-state index is -1.37. The molecule has 18 heteroatoms. The van der Waals surface area contributed by atoms with Crippen molar-refractivity contribution in [2.24, 2.45) is 11.7 Å². The first-order valence-electron chi connectivity index (χ1n) is 18.3. The summed E-state index contributed by atoms with van der Waals surface area (Å²) in [6, 6.07) is -0.782. The van der Waals surface area contributed by atoms with Crippen molar-refractivity contribution in [1.29, 1.82) is 0 Å². The number of unbranched alkanes of at least 4 members (excludes halogenated alkanes) is 1. The molecule has 1 saturated heterocycles. The topological polar surface area (TPSA) is 265 Å². The molecule has 1 saturated carbocycles. The van der Waals surface area contributed by atoms with E-state index in [1.54, 1.807) is 38.4 Å². The van der Waals surface area contributed by atoms with Gasteiger partial charge in [0.2, 0.25) is 17.6 Å². The third-order valence-electron chi connectivity index (χ3n) is 10.1. The zero-order valence-electron chi connectivity index (χ0n) is 30.4. The van der Waals surface area contributed by atoms with Gasteiger partial charge in [-0.15, -0.1) is 5.10 Å². The van der Waals surface area contributed by atoms with Crippen molar-refractivity contribution >= 4 is 46.4 Å². The molecule has 5 rings (SSSR count). The van der Waals surface area contributed by atoms with Crippen LogP contribution in [0.3, 0.4) is 0 Å². The average Bonchev–Trinajstić information content (AvgIpc) is 3.82. The van der Waals surface area contributed by atoms with Crippen molar-refractivity contribution in [3.63, 3.8) is 0 Å². The van der Waals surface area contributed by atoms with Gasteiger partial charge in [-0.25, -0.2) is 9.48 Å². The molecule has 2 fully saturated rings. The maximum absolute atomic E-state index is 14.8. The predicted molar refractivity (Wildman–Crippen MR) is 192 cm³/mol. The van der Waals surface area contributed by atoms with E-state index in [-0.39, 0.29) is 43.8 Å². The van der Waals surface area contributed by atoms with Crippen molar-refractivity contribution in [1.82, 2.24) is 45.8 Å². The number of carbonyl (C=O) groups excluding carboxylic acids is 5. The van der Waals surface area contributed by atoms with Crippen LogP contribution in [-0.4, -0.2) is 107 Å². The van der Waals surface area contributed by atoms with Crippen LogP contribution in [0.25, 0.3) is 10.9 Å². The Morgan fingerprint density at radius 3 is 2.48 bits per heavy atom. The normalized spacial score (nSPS) is 18.8. The van der Waals surface area contributed by atoms with Gasteiger partial charge in [0.1, 0.15) is 17.7 Å². The first-order valence-corrected chi connectivity index (χ1v) is 18.3. The van der Waals surface area contributed by atoms with E-state index in [1.165, 1.54) is 22.0 Å². The number of pyridine rings is 2. The van der Waals surface area contributed by atoms with Crippen LogP contribution in [-0.2, 0) is 24.8 Å². The molecule has 290 valence electrons. The number of carboxylic acid groups (broad SMARTS) is 1. The monoisotopic (exact) mass is 748 g/mol. The smallest absolute Gasteiger partial charge is 0.404 e. The number of aliphatic hydroxyl groups is 1. The number of fused-ring (bicyclic) bond motifs is 1. The Kier molecular flexibility index (Phi) is 12.9. The molecule has 1 aliphatic heterocycles. The van der Waals surface area contributed by atoms with Crippen molar-refractivity contribution in [2.75, 3.05) is 13.1 Å². The Morgan fingerprint density at radius 1 is 1.02 bits per heavy atom. The number of nitrogens with one attached hydrogen (secondary N) is 3. The number of hydrogen-bond donors (Lipinski definition) is 6. The molecule has 1 unspecified atom stereocenters. The number of nitrogens with zero attached hydrogens (tertiary/aromatic N) is 6. The van der Waals surface area contributed by atoms with Crippen LogP contribution in [0.5, 0.6) is 0 Å². The Hall–Kier alpha value is -5.52. The first-order chi connectivity index (χ1) is 25.7. The minimum absolute atomic E-state index is 0.0107. The van der Waals surface area contributed by atoms with Crippen molar-refractivity contribution < 1.29 is 39.0 Å². The van der Waals surface area contributed by atoms with E-state index < -0.39 is 65.3 Å². The van der Waals surface area contributed by atoms with E-state index in [0.717, 1.165) is 32.1 Å². The predicted octanol–water partition coefficient (Wildman–Crippen LogP) is 1.34. The molecule has 2 aliphatic rings. The van der Waals surface area contributed by atoms with E-state index in [4.69, 9.17) is 10.8 Å². The molecule has 4 heterocycles. The number of likely N-dealkylation sites (tertiary alicyclic amines) is 1. The van der Waals surface area contributed by atoms with Crippen molar-refractivity contribution in [3.05, 3.63) is 48.2 Å². The third kappa shape index (κ3) is 9.91. The molecule has 18 nitrogen and oxygen atoms in total. The summed E-state index contributed by atoms with van der Waals surface area (Å²) in [5.41, 5.74) is 5.15. The van der Waals surface area contributed by atoms with Gasteiger partial charge < -0.3 is 36.8 Å². The summed E-state index contributed by atoms with van der Waals surface area (Å²) in [6.45, 7) is 3.17. The highest BCUT2D eigenvalue weighted by molar-refractivity contribution is 6.37. The second-order valence-corrected chi connectivity index (χ2v) is 14.6. The summed E-state index contributed by atoms with van der Waals surface area (Å²) in [5.74, 6) is -3.91. The molecule has 0 aromatic carbocycles.